The molecular weight excluding hydrogens is 222 g/mol. The van der Waals surface area contributed by atoms with Crippen molar-refractivity contribution in [1.82, 2.24) is 10.2 Å². The molecule has 1 aromatic heterocycles. The van der Waals surface area contributed by atoms with E-state index in [4.69, 9.17) is 5.11 Å². The topological polar surface area (TPSA) is 95.1 Å². The SMILES string of the molecule is CC(C)(C)c1cc(NC(=O)C=CC(=O)O)n[nH]1. The molecule has 0 bridgehead atoms. The van der Waals surface area contributed by atoms with Gasteiger partial charge in [-0.15, -0.1) is 0 Å². The number of aromatic nitrogens is 2. The maximum absolute atomic E-state index is 11.3. The molecule has 1 heterocycles. The first-order chi connectivity index (χ1) is 7.79. The Labute approximate surface area is 98.7 Å². The Balaban J connectivity index is 2.67. The summed E-state index contributed by atoms with van der Waals surface area (Å²) in [4.78, 5) is 21.5. The fourth-order valence-corrected chi connectivity index (χ4v) is 1.08. The van der Waals surface area contributed by atoms with Gasteiger partial charge in [0.2, 0.25) is 5.91 Å². The number of hydrogen-bond acceptors (Lipinski definition) is 3. The molecule has 6 nitrogen and oxygen atoms in total. The normalized spacial score (nSPS) is 11.7. The quantitative estimate of drug-likeness (QED) is 0.690. The standard InChI is InChI=1S/C11H15N3O3/c1-11(2,3)7-6-8(14-13-7)12-9(15)4-5-10(16)17/h4-6H,1-3H3,(H,16,17)(H2,12,13,14,15). The molecule has 1 rings (SSSR count). The first-order valence-corrected chi connectivity index (χ1v) is 5.07. The third kappa shape index (κ3) is 4.10. The third-order valence-electron chi connectivity index (χ3n) is 2.01. The number of aromatic amines is 1. The summed E-state index contributed by atoms with van der Waals surface area (Å²) >= 11 is 0. The summed E-state index contributed by atoms with van der Waals surface area (Å²) in [6.45, 7) is 6.03. The molecule has 0 aliphatic carbocycles. The highest BCUT2D eigenvalue weighted by atomic mass is 16.4. The summed E-state index contributed by atoms with van der Waals surface area (Å²) in [5.41, 5.74) is 0.794. The van der Waals surface area contributed by atoms with Gasteiger partial charge >= 0.3 is 5.97 Å². The summed E-state index contributed by atoms with van der Waals surface area (Å²) < 4.78 is 0. The molecule has 1 amide bonds. The maximum Gasteiger partial charge on any atom is 0.328 e. The van der Waals surface area contributed by atoms with E-state index >= 15 is 0 Å². The van der Waals surface area contributed by atoms with Gasteiger partial charge < -0.3 is 10.4 Å². The second-order valence-electron chi connectivity index (χ2n) is 4.58. The van der Waals surface area contributed by atoms with Gasteiger partial charge in [0, 0.05) is 29.3 Å². The smallest absolute Gasteiger partial charge is 0.328 e. The molecule has 17 heavy (non-hydrogen) atoms. The van der Waals surface area contributed by atoms with Gasteiger partial charge in [-0.1, -0.05) is 20.8 Å². The number of carboxylic acids is 1. The molecule has 0 aromatic carbocycles. The lowest BCUT2D eigenvalue weighted by Crippen LogP contribution is -2.11. The van der Waals surface area contributed by atoms with E-state index in [1.54, 1.807) is 6.07 Å². The van der Waals surface area contributed by atoms with Gasteiger partial charge in [-0.3, -0.25) is 9.89 Å². The van der Waals surface area contributed by atoms with E-state index < -0.39 is 11.9 Å². The van der Waals surface area contributed by atoms with Gasteiger partial charge in [0.15, 0.2) is 5.82 Å². The molecule has 3 N–H and O–H groups in total. The number of nitrogens with one attached hydrogen (secondary N) is 2. The largest absolute Gasteiger partial charge is 0.478 e. The molecule has 92 valence electrons. The van der Waals surface area contributed by atoms with Crippen molar-refractivity contribution >= 4 is 17.7 Å². The minimum absolute atomic E-state index is 0.0904. The number of anilines is 1. The van der Waals surface area contributed by atoms with Crippen LogP contribution in [-0.4, -0.2) is 27.2 Å². The predicted molar refractivity (Wildman–Crippen MR) is 62.7 cm³/mol. The predicted octanol–water partition coefficient (Wildman–Crippen LogP) is 1.29. The Morgan fingerprint density at radius 2 is 2.06 bits per heavy atom. The molecule has 1 aromatic rings. The maximum atomic E-state index is 11.3. The van der Waals surface area contributed by atoms with Crippen molar-refractivity contribution in [3.63, 3.8) is 0 Å². The molecule has 0 fully saturated rings. The van der Waals surface area contributed by atoms with E-state index in [2.05, 4.69) is 15.5 Å². The Bertz CT molecular complexity index is 455. The lowest BCUT2D eigenvalue weighted by molar-refractivity contribution is -0.131. The molecule has 0 saturated carbocycles. The molecule has 0 spiro atoms. The van der Waals surface area contributed by atoms with Crippen molar-refractivity contribution in [1.29, 1.82) is 0 Å². The van der Waals surface area contributed by atoms with Crippen LogP contribution in [0.25, 0.3) is 0 Å². The molecule has 6 heteroatoms. The molecule has 0 saturated heterocycles. The number of carbonyl (C=O) groups excluding carboxylic acids is 1. The van der Waals surface area contributed by atoms with Crippen molar-refractivity contribution in [2.24, 2.45) is 0 Å². The highest BCUT2D eigenvalue weighted by molar-refractivity contribution is 6.01. The van der Waals surface area contributed by atoms with Gasteiger partial charge in [-0.05, 0) is 0 Å². The number of carboxylic acid groups (broad SMARTS) is 1. The monoisotopic (exact) mass is 237 g/mol. The summed E-state index contributed by atoms with van der Waals surface area (Å²) in [6.07, 6.45) is 1.71. The average molecular weight is 237 g/mol. The molecular formula is C11H15N3O3. The van der Waals surface area contributed by atoms with E-state index in [9.17, 15) is 9.59 Å². The molecule has 0 aliphatic heterocycles. The second-order valence-corrected chi connectivity index (χ2v) is 4.58. The minimum Gasteiger partial charge on any atom is -0.478 e. The summed E-state index contributed by atoms with van der Waals surface area (Å²) in [7, 11) is 0. The van der Waals surface area contributed by atoms with Crippen LogP contribution < -0.4 is 5.32 Å². The zero-order chi connectivity index (χ0) is 13.1. The molecule has 0 aliphatic rings. The Morgan fingerprint density at radius 3 is 2.53 bits per heavy atom. The van der Waals surface area contributed by atoms with Gasteiger partial charge in [-0.25, -0.2) is 4.79 Å². The number of hydrogen-bond donors (Lipinski definition) is 3. The Kier molecular flexibility index (Phi) is 3.67. The van der Waals surface area contributed by atoms with Gasteiger partial charge in [0.25, 0.3) is 0 Å². The first kappa shape index (κ1) is 13.0. The summed E-state index contributed by atoms with van der Waals surface area (Å²) in [5.74, 6) is -1.33. The van der Waals surface area contributed by atoms with E-state index in [0.717, 1.165) is 17.8 Å². The average Bonchev–Trinajstić information content (AvgIpc) is 2.62. The van der Waals surface area contributed by atoms with Crippen molar-refractivity contribution in [3.8, 4) is 0 Å². The van der Waals surface area contributed by atoms with E-state index in [1.165, 1.54) is 0 Å². The van der Waals surface area contributed by atoms with Crippen molar-refractivity contribution in [2.45, 2.75) is 26.2 Å². The minimum atomic E-state index is -1.17. The van der Waals surface area contributed by atoms with Crippen molar-refractivity contribution < 1.29 is 14.7 Å². The summed E-state index contributed by atoms with van der Waals surface area (Å²) in [6, 6.07) is 1.71. The van der Waals surface area contributed by atoms with Crippen molar-refractivity contribution in [2.75, 3.05) is 5.32 Å². The highest BCUT2D eigenvalue weighted by Crippen LogP contribution is 2.21. The van der Waals surface area contributed by atoms with Crippen LogP contribution in [0.2, 0.25) is 0 Å². The number of amides is 1. The van der Waals surface area contributed by atoms with Crippen LogP contribution in [-0.2, 0) is 15.0 Å². The fraction of sp³-hybridized carbons (Fsp3) is 0.364. The Morgan fingerprint density at radius 1 is 1.41 bits per heavy atom. The van der Waals surface area contributed by atoms with Gasteiger partial charge in [0.1, 0.15) is 0 Å². The highest BCUT2D eigenvalue weighted by Gasteiger charge is 2.16. The van der Waals surface area contributed by atoms with Crippen LogP contribution >= 0.6 is 0 Å². The first-order valence-electron chi connectivity index (χ1n) is 5.07. The molecule has 0 unspecified atom stereocenters. The van der Waals surface area contributed by atoms with Gasteiger partial charge in [0.05, 0.1) is 0 Å². The number of H-pyrrole nitrogens is 1. The van der Waals surface area contributed by atoms with Crippen LogP contribution in [0, 0.1) is 0 Å². The van der Waals surface area contributed by atoms with E-state index in [0.29, 0.717) is 5.82 Å². The van der Waals surface area contributed by atoms with Gasteiger partial charge in [-0.2, -0.15) is 5.10 Å². The summed E-state index contributed by atoms with van der Waals surface area (Å²) in [5, 5.41) is 17.5. The number of carbonyl (C=O) groups is 2. The lowest BCUT2D eigenvalue weighted by atomic mass is 9.92. The molecule has 0 radical (unpaired) electrons. The lowest BCUT2D eigenvalue weighted by Gasteiger charge is -2.14. The Hall–Kier alpha value is -2.11. The zero-order valence-corrected chi connectivity index (χ0v) is 9.94. The van der Waals surface area contributed by atoms with Crippen LogP contribution in [0.4, 0.5) is 5.82 Å². The third-order valence-corrected chi connectivity index (χ3v) is 2.01. The second kappa shape index (κ2) is 4.82. The van der Waals surface area contributed by atoms with Crippen LogP contribution in [0.5, 0.6) is 0 Å². The van der Waals surface area contributed by atoms with Crippen LogP contribution in [0.15, 0.2) is 18.2 Å². The van der Waals surface area contributed by atoms with Crippen molar-refractivity contribution in [3.05, 3.63) is 23.9 Å². The number of nitrogens with zero attached hydrogens (tertiary/aromatic N) is 1. The zero-order valence-electron chi connectivity index (χ0n) is 9.94. The van der Waals surface area contributed by atoms with Crippen LogP contribution in [0.1, 0.15) is 26.5 Å². The van der Waals surface area contributed by atoms with E-state index in [-0.39, 0.29) is 5.41 Å². The van der Waals surface area contributed by atoms with Crippen LogP contribution in [0.3, 0.4) is 0 Å². The number of rotatable bonds is 3. The fourth-order valence-electron chi connectivity index (χ4n) is 1.08. The molecule has 0 atom stereocenters. The number of aliphatic carboxylic acids is 1. The van der Waals surface area contributed by atoms with E-state index in [1.807, 2.05) is 20.8 Å².